The van der Waals surface area contributed by atoms with E-state index < -0.39 is 66.6 Å². The van der Waals surface area contributed by atoms with Crippen LogP contribution in [0.4, 0.5) is 0 Å². The predicted molar refractivity (Wildman–Crippen MR) is 81.0 cm³/mol. The van der Waals surface area contributed by atoms with Gasteiger partial charge in [-0.1, -0.05) is 0 Å². The van der Waals surface area contributed by atoms with Crippen molar-refractivity contribution < 1.29 is 61.9 Å². The molecule has 0 amide bonds. The monoisotopic (exact) mass is 404 g/mol. The first-order valence-corrected chi connectivity index (χ1v) is 12.9. The van der Waals surface area contributed by atoms with Crippen LogP contribution in [0.25, 0.3) is 0 Å². The van der Waals surface area contributed by atoms with Gasteiger partial charge in [0.25, 0.3) is 0 Å². The minimum atomic E-state index is -14.0. The van der Waals surface area contributed by atoms with E-state index in [9.17, 15) is 57.5 Å². The molecule has 0 aliphatic rings. The second kappa shape index (κ2) is 1.41. The van der Waals surface area contributed by atoms with Crippen molar-refractivity contribution in [2.24, 2.45) is 0 Å². The van der Waals surface area contributed by atoms with E-state index in [-0.39, 0.29) is 0 Å². The fraction of sp³-hybridized carbons (Fsp3) is 0. The van der Waals surface area contributed by atoms with E-state index in [0.717, 1.165) is 0 Å². The zero-order chi connectivity index (χ0) is 20.8. The third-order valence-corrected chi connectivity index (χ3v) is 26.2. The third-order valence-electron chi connectivity index (χ3n) is 6.35. The molecular formula is C12H12FeO12. The van der Waals surface area contributed by atoms with Gasteiger partial charge in [-0.3, -0.25) is 0 Å². The summed E-state index contributed by atoms with van der Waals surface area (Å²) in [5.41, 5.74) is 0. The molecular weight excluding hydrogens is 392 g/mol. The van der Waals surface area contributed by atoms with Crippen molar-refractivity contribution in [1.29, 1.82) is 0 Å². The zero-order valence-electron chi connectivity index (χ0n) is 12.2. The Labute approximate surface area is 124 Å². The summed E-state index contributed by atoms with van der Waals surface area (Å²) in [4.78, 5) is 149. The molecule has 0 aromatic carbocycles. The van der Waals surface area contributed by atoms with E-state index in [4.69, 9.17) is 0 Å². The standard InChI is InChI=1S/12CHO.Fe/c12*1-2;/h12*1H;. The molecule has 0 aromatic rings. The number of carbonyl (C=O) groups excluding carboxylic acids is 12. The average molecular weight is 404 g/mol. The second-order valence-electron chi connectivity index (χ2n) is 8.78. The maximum absolute atomic E-state index is 14.0. The Morgan fingerprint density at radius 1 is 0.240 bits per heavy atom. The van der Waals surface area contributed by atoms with E-state index >= 15 is 0 Å². The summed E-state index contributed by atoms with van der Waals surface area (Å²) in [7, 11) is 0. The molecule has 140 valence electrons. The first kappa shape index (κ1) is 21.6. The maximum atomic E-state index is 12.4. The first-order valence-electron chi connectivity index (χ1n) is 5.28. The van der Waals surface area contributed by atoms with Crippen molar-refractivity contribution in [3.8, 4) is 0 Å². The van der Waals surface area contributed by atoms with Gasteiger partial charge in [0.2, 0.25) is 0 Å². The van der Waals surface area contributed by atoms with Crippen LogP contribution < -0.4 is 0 Å². The van der Waals surface area contributed by atoms with Gasteiger partial charge in [0.15, 0.2) is 0 Å². The fourth-order valence-corrected chi connectivity index (χ4v) is 5.35. The summed E-state index contributed by atoms with van der Waals surface area (Å²) in [6, 6.07) is 0. The van der Waals surface area contributed by atoms with Gasteiger partial charge in [-0.15, -0.1) is 0 Å². The van der Waals surface area contributed by atoms with Crippen LogP contribution in [0.2, 0.25) is 0 Å². The molecule has 0 unspecified atom stereocenters. The van der Waals surface area contributed by atoms with Gasteiger partial charge >= 0.3 is 124 Å². The summed E-state index contributed by atoms with van der Waals surface area (Å²) in [6.07, 6.45) is 0. The molecule has 0 aliphatic heterocycles. The number of hydrogen-bond donors (Lipinski definition) is 0. The van der Waals surface area contributed by atoms with Crippen molar-refractivity contribution in [3.63, 3.8) is 0 Å². The number of hydrogen-bond acceptors (Lipinski definition) is 12. The molecule has 0 saturated heterocycles. The van der Waals surface area contributed by atoms with Gasteiger partial charge in [0.1, 0.15) is 0 Å². The van der Waals surface area contributed by atoms with E-state index in [1.807, 2.05) is 0 Å². The summed E-state index contributed by atoms with van der Waals surface area (Å²) < 4.78 is -14.0. The first-order chi connectivity index (χ1) is 10.9. The van der Waals surface area contributed by atoms with E-state index in [0.29, 0.717) is 0 Å². The molecule has 0 aromatic heterocycles. The summed E-state index contributed by atoms with van der Waals surface area (Å²) >= 11 is 0. The summed E-state index contributed by atoms with van der Waals surface area (Å²) in [5, 5.41) is -27.0. The molecule has 0 saturated carbocycles. The average Bonchev–Trinajstić information content (AvgIpc) is 2.79. The van der Waals surface area contributed by atoms with Crippen LogP contribution in [0.1, 0.15) is 0 Å². The number of carbonyl (C=O) groups is 12. The van der Waals surface area contributed by atoms with Crippen LogP contribution in [-0.2, 0) is 61.9 Å². The number of rotatable bonds is 12. The van der Waals surface area contributed by atoms with Crippen molar-refractivity contribution in [3.05, 3.63) is 0 Å². The Kier molecular flexibility index (Phi) is 1.22. The Morgan fingerprint density at radius 2 is 0.320 bits per heavy atom. The molecule has 0 radical (unpaired) electrons. The van der Waals surface area contributed by atoms with Crippen molar-refractivity contribution in [2.45, 2.75) is 0 Å². The van der Waals surface area contributed by atoms with Gasteiger partial charge in [0, 0.05) is 0 Å². The summed E-state index contributed by atoms with van der Waals surface area (Å²) in [6.45, 7) is 0. The molecule has 0 atom stereocenters. The minimum absolute atomic E-state index is 2.25. The van der Waals surface area contributed by atoms with E-state index in [1.165, 1.54) is 0 Å². The Balaban J connectivity index is 12.5. The molecule has 0 rings (SSSR count). The molecule has 0 heterocycles. The van der Waals surface area contributed by atoms with Crippen molar-refractivity contribution in [1.82, 2.24) is 0 Å². The Hall–Kier alpha value is -3.44. The van der Waals surface area contributed by atoms with Crippen LogP contribution in [0.15, 0.2) is 0 Å². The van der Waals surface area contributed by atoms with Crippen LogP contribution in [-0.4, -0.2) is 62.2 Å². The topological polar surface area (TPSA) is 205 Å². The van der Waals surface area contributed by atoms with Crippen LogP contribution in [0.3, 0.4) is 0 Å². The molecule has 0 aliphatic carbocycles. The predicted octanol–water partition coefficient (Wildman–Crippen LogP) is -3.29. The zero-order valence-corrected chi connectivity index (χ0v) is 13.3. The Bertz CT molecular complexity index is 839. The quantitative estimate of drug-likeness (QED) is 0.232. The normalized spacial score (nSPS) is 27.8. The molecule has 25 heavy (non-hydrogen) atoms. The Morgan fingerprint density at radius 3 is 0.320 bits per heavy atom. The molecule has 12 nitrogen and oxygen atoms in total. The van der Waals surface area contributed by atoms with Gasteiger partial charge in [0.05, 0.1) is 0 Å². The molecule has 0 N–H and O–H groups in total. The van der Waals surface area contributed by atoms with Crippen LogP contribution in [0, 0.1) is 0 Å². The van der Waals surface area contributed by atoms with E-state index in [1.54, 1.807) is 0 Å². The van der Waals surface area contributed by atoms with Crippen molar-refractivity contribution in [2.75, 3.05) is 0 Å². The van der Waals surface area contributed by atoms with Gasteiger partial charge < -0.3 is 0 Å². The van der Waals surface area contributed by atoms with E-state index in [2.05, 4.69) is 0 Å². The van der Waals surface area contributed by atoms with Gasteiger partial charge in [-0.05, 0) is 0 Å². The molecule has 0 spiro atoms. The third kappa shape index (κ3) is 0.428. The van der Waals surface area contributed by atoms with Gasteiger partial charge in [-0.25, -0.2) is 0 Å². The molecule has 0 bridgehead atoms. The summed E-state index contributed by atoms with van der Waals surface area (Å²) in [5.74, 6) is 0. The second-order valence-corrected chi connectivity index (χ2v) is 36.2. The van der Waals surface area contributed by atoms with Crippen molar-refractivity contribution >= 4 is 62.2 Å². The SMILES string of the molecule is O=[CH][Fe]([CH]=O)([CH]=O)([CH]=O)([CH]=O)([CH]=O)([CH]=O)([CH]=O)([CH]=O)([CH]=O)([CH]=O)[CH]=O. The fourth-order valence-electron chi connectivity index (χ4n) is 1.30. The van der Waals surface area contributed by atoms with Crippen LogP contribution in [0.5, 0.6) is 0 Å². The molecule has 13 heteroatoms. The van der Waals surface area contributed by atoms with Gasteiger partial charge in [-0.2, -0.15) is 0 Å². The van der Waals surface area contributed by atoms with Crippen LogP contribution >= 0.6 is 0 Å². The molecule has 0 fully saturated rings.